The number of aromatic nitrogens is 5. The highest BCUT2D eigenvalue weighted by atomic mass is 19.1. The van der Waals surface area contributed by atoms with E-state index in [1.54, 1.807) is 6.07 Å². The highest BCUT2D eigenvalue weighted by molar-refractivity contribution is 5.80. The quantitative estimate of drug-likeness (QED) is 0.406. The summed E-state index contributed by atoms with van der Waals surface area (Å²) in [6, 6.07) is 14.5. The number of pyridine rings is 1. The summed E-state index contributed by atoms with van der Waals surface area (Å²) in [6.07, 6.45) is 1.74. The number of benzene rings is 2. The molecule has 5 rings (SSSR count). The molecule has 194 valence electrons. The minimum Gasteiger partial charge on any atom is -0.367 e. The second kappa shape index (κ2) is 10.0. The number of nitrogens with one attached hydrogen (secondary N) is 1. The monoisotopic (exact) mass is 503 g/mol. The van der Waals surface area contributed by atoms with Crippen LogP contribution in [0.4, 0.5) is 10.1 Å². The van der Waals surface area contributed by atoms with Crippen LogP contribution in [0.3, 0.4) is 0 Å². The summed E-state index contributed by atoms with van der Waals surface area (Å²) < 4.78 is 16.3. The van der Waals surface area contributed by atoms with Crippen molar-refractivity contribution in [3.05, 3.63) is 81.7 Å². The molecule has 9 heteroatoms. The van der Waals surface area contributed by atoms with E-state index in [2.05, 4.69) is 64.1 Å². The van der Waals surface area contributed by atoms with Crippen molar-refractivity contribution >= 4 is 16.6 Å². The number of anilines is 1. The van der Waals surface area contributed by atoms with Gasteiger partial charge in [-0.2, -0.15) is 0 Å². The van der Waals surface area contributed by atoms with Crippen molar-refractivity contribution in [2.75, 3.05) is 31.1 Å². The molecular formula is C28H34FN7O. The molecule has 0 unspecified atom stereocenters. The molecule has 2 aromatic heterocycles. The molecule has 1 aliphatic rings. The average molecular weight is 504 g/mol. The second-order valence-corrected chi connectivity index (χ2v) is 10.3. The Hall–Kier alpha value is -3.59. The normalized spacial score (nSPS) is 15.9. The van der Waals surface area contributed by atoms with E-state index < -0.39 is 6.04 Å². The molecule has 1 aliphatic heterocycles. The molecule has 0 aliphatic carbocycles. The number of aryl methyl sites for hydroxylation is 1. The molecular weight excluding hydrogens is 469 g/mol. The van der Waals surface area contributed by atoms with Gasteiger partial charge in [-0.3, -0.25) is 9.69 Å². The van der Waals surface area contributed by atoms with Crippen LogP contribution in [0.2, 0.25) is 0 Å². The Morgan fingerprint density at radius 3 is 2.51 bits per heavy atom. The number of hydrogen-bond acceptors (Lipinski definition) is 6. The SMILES string of the molecule is CCc1ccc2[nH]c(=O)c([C@@H](c3nnnn3C(C)(C)CC)N3CCN(c4ccccc4F)CC3)cc2c1. The maximum atomic E-state index is 14.5. The third kappa shape index (κ3) is 4.75. The highest BCUT2D eigenvalue weighted by Gasteiger charge is 2.36. The number of tetrazole rings is 1. The molecule has 0 amide bonds. The largest absolute Gasteiger partial charge is 0.367 e. The number of para-hydroxylation sites is 1. The molecule has 0 saturated carbocycles. The fourth-order valence-electron chi connectivity index (χ4n) is 5.07. The molecule has 0 spiro atoms. The first-order chi connectivity index (χ1) is 17.8. The van der Waals surface area contributed by atoms with Gasteiger partial charge in [-0.25, -0.2) is 9.07 Å². The first kappa shape index (κ1) is 25.1. The molecule has 37 heavy (non-hydrogen) atoms. The maximum absolute atomic E-state index is 14.5. The lowest BCUT2D eigenvalue weighted by Gasteiger charge is -2.40. The van der Waals surface area contributed by atoms with Crippen LogP contribution in [0.25, 0.3) is 10.9 Å². The van der Waals surface area contributed by atoms with Crippen LogP contribution in [0, 0.1) is 5.82 Å². The maximum Gasteiger partial charge on any atom is 0.253 e. The van der Waals surface area contributed by atoms with Gasteiger partial charge in [-0.15, -0.1) is 5.10 Å². The molecule has 0 bridgehead atoms. The van der Waals surface area contributed by atoms with Gasteiger partial charge in [0.25, 0.3) is 5.56 Å². The first-order valence-electron chi connectivity index (χ1n) is 13.0. The van der Waals surface area contributed by atoms with Gasteiger partial charge in [0.15, 0.2) is 5.82 Å². The number of hydrogen-bond donors (Lipinski definition) is 1. The predicted octanol–water partition coefficient (Wildman–Crippen LogP) is 4.27. The Morgan fingerprint density at radius 1 is 1.05 bits per heavy atom. The zero-order valence-electron chi connectivity index (χ0n) is 21.9. The lowest BCUT2D eigenvalue weighted by atomic mass is 9.98. The van der Waals surface area contributed by atoms with E-state index in [1.807, 2.05) is 35.0 Å². The van der Waals surface area contributed by atoms with Crippen molar-refractivity contribution in [2.45, 2.75) is 52.1 Å². The van der Waals surface area contributed by atoms with Gasteiger partial charge in [-0.1, -0.05) is 32.0 Å². The third-order valence-electron chi connectivity index (χ3n) is 7.69. The number of fused-ring (bicyclic) bond motifs is 1. The number of nitrogens with zero attached hydrogens (tertiary/aromatic N) is 6. The highest BCUT2D eigenvalue weighted by Crippen LogP contribution is 2.32. The van der Waals surface area contributed by atoms with Crippen molar-refractivity contribution < 1.29 is 4.39 Å². The van der Waals surface area contributed by atoms with Gasteiger partial charge in [0, 0.05) is 37.3 Å². The fraction of sp³-hybridized carbons (Fsp3) is 0.429. The molecule has 1 saturated heterocycles. The van der Waals surface area contributed by atoms with Crippen LogP contribution in [-0.2, 0) is 12.0 Å². The van der Waals surface area contributed by atoms with Gasteiger partial charge >= 0.3 is 0 Å². The average Bonchev–Trinajstić information content (AvgIpc) is 3.40. The number of halogens is 1. The topological polar surface area (TPSA) is 82.9 Å². The van der Waals surface area contributed by atoms with Crippen LogP contribution >= 0.6 is 0 Å². The van der Waals surface area contributed by atoms with E-state index in [9.17, 15) is 9.18 Å². The molecule has 0 radical (unpaired) electrons. The first-order valence-corrected chi connectivity index (χ1v) is 13.0. The van der Waals surface area contributed by atoms with Crippen molar-refractivity contribution in [1.82, 2.24) is 30.1 Å². The standard InChI is InChI=1S/C28H34FN7O/c1-5-19-11-12-23-20(17-19)18-21(27(37)30-23)25(26-31-32-33-36(26)28(3,4)6-2)35-15-13-34(14-16-35)24-10-8-7-9-22(24)29/h7-12,17-18,25H,5-6,13-16H2,1-4H3,(H,30,37)/t25-/m0/s1. The molecule has 8 nitrogen and oxygen atoms in total. The Kier molecular flexibility index (Phi) is 6.81. The Bertz CT molecular complexity index is 1450. The molecule has 1 N–H and O–H groups in total. The van der Waals surface area contributed by atoms with E-state index >= 15 is 0 Å². The Balaban J connectivity index is 1.58. The Labute approximate surface area is 216 Å². The summed E-state index contributed by atoms with van der Waals surface area (Å²) in [5.74, 6) is 0.418. The van der Waals surface area contributed by atoms with Gasteiger partial charge < -0.3 is 9.88 Å². The molecule has 1 fully saturated rings. The lowest BCUT2D eigenvalue weighted by Crippen LogP contribution is -2.49. The van der Waals surface area contributed by atoms with E-state index in [0.717, 1.165) is 23.7 Å². The minimum absolute atomic E-state index is 0.151. The second-order valence-electron chi connectivity index (χ2n) is 10.3. The molecule has 3 heterocycles. The summed E-state index contributed by atoms with van der Waals surface area (Å²) in [5, 5.41) is 13.8. The van der Waals surface area contributed by atoms with Crippen molar-refractivity contribution in [3.63, 3.8) is 0 Å². The zero-order valence-corrected chi connectivity index (χ0v) is 21.9. The van der Waals surface area contributed by atoms with E-state index in [-0.39, 0.29) is 16.9 Å². The minimum atomic E-state index is -0.443. The van der Waals surface area contributed by atoms with Crippen molar-refractivity contribution in [2.24, 2.45) is 0 Å². The van der Waals surface area contributed by atoms with Gasteiger partial charge in [-0.05, 0) is 78.4 Å². The summed E-state index contributed by atoms with van der Waals surface area (Å²) >= 11 is 0. The molecule has 2 aromatic carbocycles. The number of aromatic amines is 1. The predicted molar refractivity (Wildman–Crippen MR) is 143 cm³/mol. The van der Waals surface area contributed by atoms with Crippen LogP contribution < -0.4 is 10.5 Å². The molecule has 1 atom stereocenters. The summed E-state index contributed by atoms with van der Waals surface area (Å²) in [6.45, 7) is 10.9. The van der Waals surface area contributed by atoms with Crippen molar-refractivity contribution in [3.8, 4) is 0 Å². The van der Waals surface area contributed by atoms with Crippen LogP contribution in [0.15, 0.2) is 53.3 Å². The number of H-pyrrole nitrogens is 1. The fourth-order valence-corrected chi connectivity index (χ4v) is 5.07. The smallest absolute Gasteiger partial charge is 0.253 e. The van der Waals surface area contributed by atoms with Crippen LogP contribution in [0.5, 0.6) is 0 Å². The van der Waals surface area contributed by atoms with E-state index in [0.29, 0.717) is 43.3 Å². The van der Waals surface area contributed by atoms with Crippen LogP contribution in [-0.4, -0.2) is 56.3 Å². The third-order valence-corrected chi connectivity index (χ3v) is 7.69. The zero-order chi connectivity index (χ0) is 26.2. The number of rotatable bonds is 7. The summed E-state index contributed by atoms with van der Waals surface area (Å²) in [4.78, 5) is 20.9. The van der Waals surface area contributed by atoms with Crippen LogP contribution in [0.1, 0.15) is 57.1 Å². The van der Waals surface area contributed by atoms with Gasteiger partial charge in [0.1, 0.15) is 11.9 Å². The van der Waals surface area contributed by atoms with Gasteiger partial charge in [0.2, 0.25) is 0 Å². The van der Waals surface area contributed by atoms with Crippen molar-refractivity contribution in [1.29, 1.82) is 0 Å². The molecule has 4 aromatic rings. The number of piperazine rings is 1. The summed E-state index contributed by atoms with van der Waals surface area (Å²) in [7, 11) is 0. The van der Waals surface area contributed by atoms with Gasteiger partial charge in [0.05, 0.1) is 11.2 Å². The van der Waals surface area contributed by atoms with E-state index in [1.165, 1.54) is 11.6 Å². The lowest BCUT2D eigenvalue weighted by molar-refractivity contribution is 0.186. The Morgan fingerprint density at radius 2 is 1.81 bits per heavy atom. The van der Waals surface area contributed by atoms with E-state index in [4.69, 9.17) is 0 Å². The summed E-state index contributed by atoms with van der Waals surface area (Å²) in [5.41, 5.74) is 2.75.